The van der Waals surface area contributed by atoms with Crippen molar-refractivity contribution in [2.24, 2.45) is 11.8 Å². The third-order valence-corrected chi connectivity index (χ3v) is 5.17. The van der Waals surface area contributed by atoms with Gasteiger partial charge in [0.2, 0.25) is 0 Å². The van der Waals surface area contributed by atoms with Gasteiger partial charge in [-0.05, 0) is 63.2 Å². The van der Waals surface area contributed by atoms with E-state index in [2.05, 4.69) is 52.2 Å². The van der Waals surface area contributed by atoms with Crippen molar-refractivity contribution in [2.45, 2.75) is 117 Å². The topological polar surface area (TPSA) is 24.1 Å². The Hall–Kier alpha value is -0.0800. The molecule has 0 unspecified atom stereocenters. The second kappa shape index (κ2) is 10.6. The molecule has 0 aromatic rings. The first-order valence-electron chi connectivity index (χ1n) is 9.88. The first kappa shape index (κ1) is 20.0. The van der Waals surface area contributed by atoms with Gasteiger partial charge in [0.1, 0.15) is 0 Å². The Morgan fingerprint density at radius 2 is 0.818 bits per heavy atom. The van der Waals surface area contributed by atoms with Crippen molar-refractivity contribution >= 4 is 0 Å². The molecule has 0 heterocycles. The largest absolute Gasteiger partial charge is 0.312 e. The molecule has 132 valence electrons. The fraction of sp³-hybridized carbons (Fsp3) is 1.00. The first-order valence-corrected chi connectivity index (χ1v) is 9.88. The van der Waals surface area contributed by atoms with Crippen molar-refractivity contribution in [3.8, 4) is 0 Å². The van der Waals surface area contributed by atoms with Gasteiger partial charge < -0.3 is 10.6 Å². The van der Waals surface area contributed by atoms with Crippen molar-refractivity contribution < 1.29 is 0 Å². The molecule has 22 heavy (non-hydrogen) atoms. The maximum Gasteiger partial charge on any atom is 0.00696 e. The molecule has 2 N–H and O–H groups in total. The van der Waals surface area contributed by atoms with E-state index in [-0.39, 0.29) is 0 Å². The van der Waals surface area contributed by atoms with Crippen LogP contribution in [0.5, 0.6) is 0 Å². The van der Waals surface area contributed by atoms with Crippen LogP contribution in [-0.4, -0.2) is 24.2 Å². The minimum absolute atomic E-state index is 0.661. The molecule has 0 atom stereocenters. The van der Waals surface area contributed by atoms with Crippen LogP contribution in [-0.2, 0) is 0 Å². The molecule has 2 aliphatic rings. The zero-order valence-electron chi connectivity index (χ0n) is 16.1. The fourth-order valence-corrected chi connectivity index (χ4v) is 3.80. The van der Waals surface area contributed by atoms with Crippen molar-refractivity contribution in [1.29, 1.82) is 0 Å². The van der Waals surface area contributed by atoms with Crippen LogP contribution in [0.1, 0.15) is 92.9 Å². The molecule has 0 amide bonds. The lowest BCUT2D eigenvalue weighted by Gasteiger charge is -2.28. The van der Waals surface area contributed by atoms with Crippen molar-refractivity contribution in [1.82, 2.24) is 10.6 Å². The molecule has 2 fully saturated rings. The Balaban J connectivity index is 0.000000220. The Labute approximate surface area is 140 Å². The molecule has 0 aromatic heterocycles. The summed E-state index contributed by atoms with van der Waals surface area (Å²) in [5.41, 5.74) is 0. The van der Waals surface area contributed by atoms with Crippen LogP contribution in [0.25, 0.3) is 0 Å². The smallest absolute Gasteiger partial charge is 0.00696 e. The van der Waals surface area contributed by atoms with Crippen molar-refractivity contribution in [2.75, 3.05) is 0 Å². The Morgan fingerprint density at radius 3 is 1.05 bits per heavy atom. The van der Waals surface area contributed by atoms with Gasteiger partial charge in [-0.15, -0.1) is 0 Å². The molecular weight excluding hydrogens is 268 g/mol. The summed E-state index contributed by atoms with van der Waals surface area (Å²) in [5.74, 6) is 1.94. The first-order chi connectivity index (χ1) is 10.4. The highest BCUT2D eigenvalue weighted by atomic mass is 14.9. The van der Waals surface area contributed by atoms with Crippen LogP contribution < -0.4 is 10.6 Å². The summed E-state index contributed by atoms with van der Waals surface area (Å²) >= 11 is 0. The van der Waals surface area contributed by atoms with E-state index in [0.717, 1.165) is 23.9 Å². The molecule has 0 aliphatic heterocycles. The number of hydrogen-bond donors (Lipinski definition) is 2. The average molecular weight is 311 g/mol. The number of hydrogen-bond acceptors (Lipinski definition) is 2. The molecule has 0 aromatic carbocycles. The highest BCUT2D eigenvalue weighted by Crippen LogP contribution is 2.24. The summed E-state index contributed by atoms with van der Waals surface area (Å²) in [5, 5.41) is 7.20. The Kier molecular flexibility index (Phi) is 9.66. The van der Waals surface area contributed by atoms with E-state index >= 15 is 0 Å². The molecule has 0 spiro atoms. The quantitative estimate of drug-likeness (QED) is 0.752. The van der Waals surface area contributed by atoms with Gasteiger partial charge in [0.25, 0.3) is 0 Å². The molecule has 2 saturated carbocycles. The zero-order valence-corrected chi connectivity index (χ0v) is 16.1. The van der Waals surface area contributed by atoms with Gasteiger partial charge in [0, 0.05) is 24.2 Å². The van der Waals surface area contributed by atoms with E-state index in [9.17, 15) is 0 Å². The standard InChI is InChI=1S/2C10H21N/c2*1-8(2)11-10-6-4-9(3)5-7-10/h2*8-11H,4-7H2,1-3H3. The maximum absolute atomic E-state index is 3.60. The van der Waals surface area contributed by atoms with Gasteiger partial charge in [-0.1, -0.05) is 41.5 Å². The average Bonchev–Trinajstić information content (AvgIpc) is 2.44. The monoisotopic (exact) mass is 310 g/mol. The van der Waals surface area contributed by atoms with E-state index < -0.39 is 0 Å². The molecule has 2 nitrogen and oxygen atoms in total. The summed E-state index contributed by atoms with van der Waals surface area (Å²) in [6, 6.07) is 2.94. The summed E-state index contributed by atoms with van der Waals surface area (Å²) < 4.78 is 0. The Bertz CT molecular complexity index is 231. The normalized spacial score (nSPS) is 32.7. The molecule has 0 bridgehead atoms. The van der Waals surface area contributed by atoms with Crippen LogP contribution in [0, 0.1) is 11.8 Å². The second-order valence-corrected chi connectivity index (χ2v) is 8.56. The molecule has 2 aliphatic carbocycles. The third kappa shape index (κ3) is 9.15. The fourth-order valence-electron chi connectivity index (χ4n) is 3.80. The SMILES string of the molecule is CC1CCC(NC(C)C)CC1.CC1CCC(NC(C)C)CC1. The van der Waals surface area contributed by atoms with Gasteiger partial charge >= 0.3 is 0 Å². The summed E-state index contributed by atoms with van der Waals surface area (Å²) in [6.07, 6.45) is 11.2. The highest BCUT2D eigenvalue weighted by Gasteiger charge is 2.18. The minimum Gasteiger partial charge on any atom is -0.312 e. The summed E-state index contributed by atoms with van der Waals surface area (Å²) in [6.45, 7) is 13.7. The number of rotatable bonds is 4. The van der Waals surface area contributed by atoms with Gasteiger partial charge in [-0.3, -0.25) is 0 Å². The second-order valence-electron chi connectivity index (χ2n) is 8.56. The van der Waals surface area contributed by atoms with E-state index in [0.29, 0.717) is 12.1 Å². The molecule has 0 saturated heterocycles. The van der Waals surface area contributed by atoms with Crippen molar-refractivity contribution in [3.05, 3.63) is 0 Å². The lowest BCUT2D eigenvalue weighted by Crippen LogP contribution is -2.37. The minimum atomic E-state index is 0.661. The van der Waals surface area contributed by atoms with Crippen LogP contribution in [0.2, 0.25) is 0 Å². The van der Waals surface area contributed by atoms with Crippen LogP contribution in [0.4, 0.5) is 0 Å². The highest BCUT2D eigenvalue weighted by molar-refractivity contribution is 4.77. The molecule has 2 rings (SSSR count). The van der Waals surface area contributed by atoms with Crippen molar-refractivity contribution in [3.63, 3.8) is 0 Å². The molecular formula is C20H42N2. The Morgan fingerprint density at radius 1 is 0.545 bits per heavy atom. The van der Waals surface area contributed by atoms with E-state index in [1.54, 1.807) is 0 Å². The van der Waals surface area contributed by atoms with Crippen LogP contribution in [0.15, 0.2) is 0 Å². The summed E-state index contributed by atoms with van der Waals surface area (Å²) in [7, 11) is 0. The van der Waals surface area contributed by atoms with Gasteiger partial charge in [-0.2, -0.15) is 0 Å². The van der Waals surface area contributed by atoms with Gasteiger partial charge in [0.05, 0.1) is 0 Å². The third-order valence-electron chi connectivity index (χ3n) is 5.17. The number of nitrogens with one attached hydrogen (secondary N) is 2. The van der Waals surface area contributed by atoms with E-state index in [1.165, 1.54) is 51.4 Å². The zero-order chi connectivity index (χ0) is 16.5. The van der Waals surface area contributed by atoms with E-state index in [1.807, 2.05) is 0 Å². The lowest BCUT2D eigenvalue weighted by molar-refractivity contribution is 0.295. The van der Waals surface area contributed by atoms with Crippen LogP contribution in [0.3, 0.4) is 0 Å². The van der Waals surface area contributed by atoms with E-state index in [4.69, 9.17) is 0 Å². The molecule has 2 heteroatoms. The molecule has 0 radical (unpaired) electrons. The lowest BCUT2D eigenvalue weighted by atomic mass is 9.87. The predicted octanol–water partition coefficient (Wildman–Crippen LogP) is 5.13. The maximum atomic E-state index is 3.60. The van der Waals surface area contributed by atoms with Gasteiger partial charge in [0.15, 0.2) is 0 Å². The van der Waals surface area contributed by atoms with Crippen LogP contribution >= 0.6 is 0 Å². The summed E-state index contributed by atoms with van der Waals surface area (Å²) in [4.78, 5) is 0. The van der Waals surface area contributed by atoms with Gasteiger partial charge in [-0.25, -0.2) is 0 Å². The predicted molar refractivity (Wildman–Crippen MR) is 99.4 cm³/mol.